The summed E-state index contributed by atoms with van der Waals surface area (Å²) in [5.41, 5.74) is 5.31. The Morgan fingerprint density at radius 1 is 1.44 bits per heavy atom. The van der Waals surface area contributed by atoms with Crippen LogP contribution >= 0.6 is 11.9 Å². The fraction of sp³-hybridized carbons (Fsp3) is 0.667. The van der Waals surface area contributed by atoms with E-state index in [0.717, 1.165) is 11.9 Å². The van der Waals surface area contributed by atoms with Gasteiger partial charge >= 0.3 is 11.9 Å². The molecule has 104 valence electrons. The third kappa shape index (κ3) is 7.74. The van der Waals surface area contributed by atoms with Crippen molar-refractivity contribution in [1.82, 2.24) is 10.0 Å². The predicted molar refractivity (Wildman–Crippen MR) is 69.4 cm³/mol. The molecule has 0 fully saturated rings. The van der Waals surface area contributed by atoms with Crippen molar-refractivity contribution in [2.45, 2.75) is 25.4 Å². The number of carboxylic acid groups (broad SMARTS) is 2. The molecule has 0 radical (unpaired) electrons. The highest BCUT2D eigenvalue weighted by molar-refractivity contribution is 7.98. The van der Waals surface area contributed by atoms with Gasteiger partial charge in [0.1, 0.15) is 6.04 Å². The number of guanidine groups is 1. The van der Waals surface area contributed by atoms with Crippen LogP contribution in [0.15, 0.2) is 4.99 Å². The van der Waals surface area contributed by atoms with E-state index in [9.17, 15) is 9.59 Å². The number of carbonyl (C=O) groups is 2. The Morgan fingerprint density at radius 2 is 2.06 bits per heavy atom. The molecule has 0 aliphatic rings. The minimum Gasteiger partial charge on any atom is -0.481 e. The second kappa shape index (κ2) is 8.59. The number of rotatable bonds is 7. The molecule has 1 unspecified atom stereocenters. The molecule has 0 saturated carbocycles. The fourth-order valence-corrected chi connectivity index (χ4v) is 1.65. The van der Waals surface area contributed by atoms with Crippen LogP contribution in [-0.2, 0) is 9.59 Å². The normalized spacial score (nSPS) is 14.7. The van der Waals surface area contributed by atoms with Gasteiger partial charge in [-0.2, -0.15) is 0 Å². The molecule has 0 bridgehead atoms. The van der Waals surface area contributed by atoms with E-state index in [1.807, 2.05) is 0 Å². The van der Waals surface area contributed by atoms with Crippen LogP contribution in [0.25, 0.3) is 0 Å². The Balaban J connectivity index is 3.99. The van der Waals surface area contributed by atoms with Crippen LogP contribution in [0.5, 0.6) is 0 Å². The fourth-order valence-electron chi connectivity index (χ4n) is 0.957. The maximum Gasteiger partial charge on any atom is 0.321 e. The summed E-state index contributed by atoms with van der Waals surface area (Å²) in [7, 11) is 1.53. The van der Waals surface area contributed by atoms with Crippen LogP contribution in [-0.4, -0.2) is 53.0 Å². The maximum absolute atomic E-state index is 10.5. The Morgan fingerprint density at radius 3 is 2.50 bits per heavy atom. The number of nitrogens with one attached hydrogen (secondary N) is 2. The summed E-state index contributed by atoms with van der Waals surface area (Å²) in [4.78, 5) is 24.8. The molecule has 2 atom stereocenters. The first-order valence-electron chi connectivity index (χ1n) is 5.18. The van der Waals surface area contributed by atoms with Crippen molar-refractivity contribution in [2.24, 2.45) is 10.7 Å². The topological polar surface area (TPSA) is 137 Å². The van der Waals surface area contributed by atoms with Crippen molar-refractivity contribution >= 4 is 29.8 Å². The van der Waals surface area contributed by atoms with Gasteiger partial charge in [-0.25, -0.2) is 0 Å². The monoisotopic (exact) mass is 278 g/mol. The van der Waals surface area contributed by atoms with Gasteiger partial charge in [-0.15, -0.1) is 0 Å². The van der Waals surface area contributed by atoms with Crippen molar-refractivity contribution in [3.8, 4) is 0 Å². The number of nitrogens with two attached hydrogens (primary N) is 1. The molecule has 0 aliphatic carbocycles. The van der Waals surface area contributed by atoms with E-state index in [-0.39, 0.29) is 18.2 Å². The second-order valence-electron chi connectivity index (χ2n) is 3.57. The van der Waals surface area contributed by atoms with E-state index in [1.54, 1.807) is 6.92 Å². The first-order valence-corrected chi connectivity index (χ1v) is 6.16. The number of nitrogens with zero attached hydrogens (tertiary/aromatic N) is 1. The number of hydrogen-bond acceptors (Lipinski definition) is 5. The van der Waals surface area contributed by atoms with Gasteiger partial charge in [0, 0.05) is 18.8 Å². The molecule has 8 nitrogen and oxygen atoms in total. The Kier molecular flexibility index (Phi) is 7.88. The molecule has 0 aromatic rings. The smallest absolute Gasteiger partial charge is 0.321 e. The molecule has 0 amide bonds. The molecule has 6 N–H and O–H groups in total. The van der Waals surface area contributed by atoms with Crippen LogP contribution < -0.4 is 15.8 Å². The minimum atomic E-state index is -1.08. The SMILES string of the molecule is CN=C(NSC[C@@H](N)C(=O)O)NC(C)CC(=O)O. The highest BCUT2D eigenvalue weighted by atomic mass is 32.2. The molecule has 18 heavy (non-hydrogen) atoms. The second-order valence-corrected chi connectivity index (χ2v) is 4.40. The number of carboxylic acids is 2. The lowest BCUT2D eigenvalue weighted by Crippen LogP contribution is -2.41. The van der Waals surface area contributed by atoms with Crippen molar-refractivity contribution < 1.29 is 19.8 Å². The predicted octanol–water partition coefficient (Wildman–Crippen LogP) is -0.925. The number of hydrogen-bond donors (Lipinski definition) is 5. The van der Waals surface area contributed by atoms with Gasteiger partial charge in [0.2, 0.25) is 5.96 Å². The lowest BCUT2D eigenvalue weighted by atomic mass is 10.2. The highest BCUT2D eigenvalue weighted by Crippen LogP contribution is 1.97. The maximum atomic E-state index is 10.5. The van der Waals surface area contributed by atoms with Crippen LogP contribution in [0.3, 0.4) is 0 Å². The molecule has 0 rings (SSSR count). The highest BCUT2D eigenvalue weighted by Gasteiger charge is 2.13. The largest absolute Gasteiger partial charge is 0.481 e. The molecule has 0 spiro atoms. The molecule has 0 heterocycles. The van der Waals surface area contributed by atoms with Crippen LogP contribution in [0.2, 0.25) is 0 Å². The molecular weight excluding hydrogens is 260 g/mol. The minimum absolute atomic E-state index is 0.0417. The van der Waals surface area contributed by atoms with Crippen molar-refractivity contribution in [1.29, 1.82) is 0 Å². The summed E-state index contributed by atoms with van der Waals surface area (Å²) in [6.45, 7) is 1.70. The third-order valence-electron chi connectivity index (χ3n) is 1.84. The zero-order chi connectivity index (χ0) is 14.1. The van der Waals surface area contributed by atoms with Gasteiger partial charge in [0.15, 0.2) is 0 Å². The lowest BCUT2D eigenvalue weighted by Gasteiger charge is -2.16. The zero-order valence-corrected chi connectivity index (χ0v) is 11.0. The Bertz CT molecular complexity index is 324. The molecule has 0 saturated heterocycles. The average molecular weight is 278 g/mol. The summed E-state index contributed by atoms with van der Waals surface area (Å²) >= 11 is 1.09. The first kappa shape index (κ1) is 16.5. The average Bonchev–Trinajstić information content (AvgIpc) is 2.26. The Labute approximate surface area is 109 Å². The van der Waals surface area contributed by atoms with Gasteiger partial charge < -0.3 is 26.0 Å². The van der Waals surface area contributed by atoms with Crippen LogP contribution in [0, 0.1) is 0 Å². The van der Waals surface area contributed by atoms with E-state index < -0.39 is 18.0 Å². The summed E-state index contributed by atoms with van der Waals surface area (Å²) < 4.78 is 2.78. The van der Waals surface area contributed by atoms with E-state index in [0.29, 0.717) is 5.96 Å². The summed E-state index contributed by atoms with van der Waals surface area (Å²) in [5, 5.41) is 20.0. The van der Waals surface area contributed by atoms with Gasteiger partial charge in [0.25, 0.3) is 0 Å². The van der Waals surface area contributed by atoms with E-state index in [1.165, 1.54) is 7.05 Å². The number of aliphatic imine (C=N–C) groups is 1. The molecule has 9 heteroatoms. The number of aliphatic carboxylic acids is 2. The lowest BCUT2D eigenvalue weighted by molar-refractivity contribution is -0.138. The van der Waals surface area contributed by atoms with Crippen LogP contribution in [0.4, 0.5) is 0 Å². The van der Waals surface area contributed by atoms with E-state index in [2.05, 4.69) is 15.0 Å². The van der Waals surface area contributed by atoms with E-state index >= 15 is 0 Å². The third-order valence-corrected chi connectivity index (χ3v) is 2.70. The quantitative estimate of drug-likeness (QED) is 0.229. The summed E-state index contributed by atoms with van der Waals surface area (Å²) in [5.74, 6) is -1.44. The molecule has 0 aromatic heterocycles. The van der Waals surface area contributed by atoms with Gasteiger partial charge in [-0.3, -0.25) is 14.6 Å². The van der Waals surface area contributed by atoms with Gasteiger partial charge in [-0.05, 0) is 18.9 Å². The zero-order valence-electron chi connectivity index (χ0n) is 10.2. The summed E-state index contributed by atoms with van der Waals surface area (Å²) in [6.07, 6.45) is -0.0417. The van der Waals surface area contributed by atoms with Crippen molar-refractivity contribution in [3.05, 3.63) is 0 Å². The van der Waals surface area contributed by atoms with Crippen molar-refractivity contribution in [3.63, 3.8) is 0 Å². The first-order chi connectivity index (χ1) is 8.36. The van der Waals surface area contributed by atoms with E-state index in [4.69, 9.17) is 15.9 Å². The summed E-state index contributed by atoms with van der Waals surface area (Å²) in [6, 6.07) is -1.25. The molecule has 0 aliphatic heterocycles. The molecule has 0 aromatic carbocycles. The van der Waals surface area contributed by atoms with Gasteiger partial charge in [0.05, 0.1) is 6.42 Å². The van der Waals surface area contributed by atoms with Crippen LogP contribution in [0.1, 0.15) is 13.3 Å². The Hall–Kier alpha value is -1.48. The standard InChI is InChI=1S/C9H18N4O4S/c1-5(3-7(14)15)12-9(11-2)13-18-4-6(10)8(16)17/h5-6H,3-4,10H2,1-2H3,(H,14,15)(H,16,17)(H2,11,12,13)/t5?,6-/m1/s1. The van der Waals surface area contributed by atoms with Gasteiger partial charge in [-0.1, -0.05) is 0 Å². The molecular formula is C9H18N4O4S. The van der Waals surface area contributed by atoms with Crippen molar-refractivity contribution in [2.75, 3.05) is 12.8 Å².